The van der Waals surface area contributed by atoms with Crippen molar-refractivity contribution in [1.82, 2.24) is 0 Å². The van der Waals surface area contributed by atoms with E-state index in [0.29, 0.717) is 30.4 Å². The van der Waals surface area contributed by atoms with Crippen LogP contribution in [-0.2, 0) is 18.5 Å². The first-order valence-electron chi connectivity index (χ1n) is 12.2. The van der Waals surface area contributed by atoms with Gasteiger partial charge in [0.25, 0.3) is 5.91 Å². The van der Waals surface area contributed by atoms with Crippen molar-refractivity contribution in [3.8, 4) is 11.5 Å². The highest BCUT2D eigenvalue weighted by atomic mass is 32.1. The molecule has 0 fully saturated rings. The van der Waals surface area contributed by atoms with Gasteiger partial charge in [-0.25, -0.2) is 4.79 Å². The Bertz CT molecular complexity index is 1050. The van der Waals surface area contributed by atoms with Crippen molar-refractivity contribution < 1.29 is 33.5 Å². The van der Waals surface area contributed by atoms with Gasteiger partial charge in [0.2, 0.25) is 0 Å². The van der Waals surface area contributed by atoms with E-state index >= 15 is 0 Å². The molecule has 5 N–H and O–H groups in total. The van der Waals surface area contributed by atoms with Gasteiger partial charge < -0.3 is 34.9 Å². The molecule has 0 aliphatic carbocycles. The summed E-state index contributed by atoms with van der Waals surface area (Å²) >= 11 is 4.00. The van der Waals surface area contributed by atoms with Gasteiger partial charge in [-0.2, -0.15) is 0 Å². The molecular formula is C27H38N2O7S. The normalized spacial score (nSPS) is 29.8. The number of fused-ring (bicyclic) bond motifs is 2. The summed E-state index contributed by atoms with van der Waals surface area (Å²) in [5.41, 5.74) is 6.84. The molecule has 0 saturated carbocycles. The standard InChI is InChI=1S/C27H38N2O7S/c1-15-10-11-23(36-37)20-13-19(30)14-21(24(20)31)29-26(32)16(2)8-6-7-9-22(35-27(28)33)17(3)12-18(4)25(15)34-5/h6-8,12-15,18,22-23,25,30-31,37H,9-11H2,1-5H3,(H2,28,33)(H,29,32)/b7-6+,16-8+,17-12+. The van der Waals surface area contributed by atoms with Gasteiger partial charge in [0.1, 0.15) is 23.7 Å². The van der Waals surface area contributed by atoms with Crippen LogP contribution in [0.4, 0.5) is 10.5 Å². The van der Waals surface area contributed by atoms with Crippen molar-refractivity contribution in [3.63, 3.8) is 0 Å². The van der Waals surface area contributed by atoms with Crippen LogP contribution in [0.2, 0.25) is 0 Å². The summed E-state index contributed by atoms with van der Waals surface area (Å²) < 4.78 is 16.5. The molecule has 2 bridgehead atoms. The number of phenols is 2. The number of carbonyl (C=O) groups is 2. The summed E-state index contributed by atoms with van der Waals surface area (Å²) in [6, 6.07) is 2.66. The third-order valence-electron chi connectivity index (χ3n) is 6.56. The smallest absolute Gasteiger partial charge is 0.405 e. The van der Waals surface area contributed by atoms with Crippen LogP contribution in [0.1, 0.15) is 58.6 Å². The maximum absolute atomic E-state index is 12.7. The minimum atomic E-state index is -0.873. The van der Waals surface area contributed by atoms with Crippen LogP contribution in [0.25, 0.3) is 0 Å². The maximum Gasteiger partial charge on any atom is 0.405 e. The summed E-state index contributed by atoms with van der Waals surface area (Å²) in [4.78, 5) is 24.2. The molecule has 10 heteroatoms. The molecule has 2 rings (SSSR count). The predicted octanol–water partition coefficient (Wildman–Crippen LogP) is 5.32. The lowest BCUT2D eigenvalue weighted by Gasteiger charge is -2.29. The van der Waals surface area contributed by atoms with E-state index in [1.165, 1.54) is 12.1 Å². The van der Waals surface area contributed by atoms with E-state index in [-0.39, 0.29) is 35.1 Å². The fourth-order valence-electron chi connectivity index (χ4n) is 4.59. The molecule has 1 aliphatic rings. The fraction of sp³-hybridized carbons (Fsp3) is 0.481. The van der Waals surface area contributed by atoms with Gasteiger partial charge in [-0.05, 0) is 57.2 Å². The SMILES string of the molecule is COC1C(C)/C=C(\C)C(OC(N)=O)C/C=C/C=C(\C)C(=O)Nc2cc(O)cc(c2O)C(OS)CCC1C. The number of hydrogen-bond acceptors (Lipinski definition) is 8. The van der Waals surface area contributed by atoms with Crippen LogP contribution in [0.5, 0.6) is 11.5 Å². The van der Waals surface area contributed by atoms with Crippen LogP contribution in [0, 0.1) is 11.8 Å². The number of thiol groups is 1. The number of carbonyl (C=O) groups excluding carboxylic acids is 2. The second kappa shape index (κ2) is 14.1. The topological polar surface area (TPSA) is 140 Å². The Morgan fingerprint density at radius 1 is 1.16 bits per heavy atom. The Labute approximate surface area is 224 Å². The number of rotatable bonds is 3. The van der Waals surface area contributed by atoms with E-state index in [1.54, 1.807) is 32.3 Å². The number of hydrogen-bond donors (Lipinski definition) is 5. The molecule has 5 unspecified atom stereocenters. The first kappa shape index (κ1) is 30.3. The molecule has 37 heavy (non-hydrogen) atoms. The molecule has 0 saturated heterocycles. The van der Waals surface area contributed by atoms with Gasteiger partial charge in [0.05, 0.1) is 11.8 Å². The number of ether oxygens (including phenoxy) is 2. The highest BCUT2D eigenvalue weighted by Crippen LogP contribution is 2.40. The lowest BCUT2D eigenvalue weighted by Crippen LogP contribution is -2.29. The zero-order chi connectivity index (χ0) is 27.7. The Kier molecular flexibility index (Phi) is 11.5. The van der Waals surface area contributed by atoms with E-state index in [9.17, 15) is 19.8 Å². The molecule has 0 radical (unpaired) electrons. The van der Waals surface area contributed by atoms with E-state index in [4.69, 9.17) is 19.4 Å². The number of benzene rings is 1. The highest BCUT2D eigenvalue weighted by Gasteiger charge is 2.27. The van der Waals surface area contributed by atoms with Crippen molar-refractivity contribution in [3.05, 3.63) is 53.1 Å². The Morgan fingerprint density at radius 3 is 2.49 bits per heavy atom. The summed E-state index contributed by atoms with van der Waals surface area (Å²) in [5.74, 6) is -0.767. The van der Waals surface area contributed by atoms with Crippen LogP contribution in [0.15, 0.2) is 47.6 Å². The molecular weight excluding hydrogens is 496 g/mol. The minimum Gasteiger partial charge on any atom is -0.508 e. The number of nitrogens with one attached hydrogen (secondary N) is 1. The van der Waals surface area contributed by atoms with Gasteiger partial charge in [-0.3, -0.25) is 4.79 Å². The average molecular weight is 535 g/mol. The summed E-state index contributed by atoms with van der Waals surface area (Å²) in [6.45, 7) is 7.56. The predicted molar refractivity (Wildman–Crippen MR) is 145 cm³/mol. The van der Waals surface area contributed by atoms with E-state index in [0.717, 1.165) is 5.57 Å². The van der Waals surface area contributed by atoms with Crippen LogP contribution in [0.3, 0.4) is 0 Å². The second-order valence-corrected chi connectivity index (χ2v) is 9.65. The van der Waals surface area contributed by atoms with Crippen molar-refractivity contribution >= 4 is 30.6 Å². The summed E-state index contributed by atoms with van der Waals surface area (Å²) in [6.07, 6.45) is 6.24. The molecule has 204 valence electrons. The van der Waals surface area contributed by atoms with E-state index < -0.39 is 24.2 Å². The number of primary amides is 1. The highest BCUT2D eigenvalue weighted by molar-refractivity contribution is 7.75. The van der Waals surface area contributed by atoms with Gasteiger partial charge in [-0.1, -0.05) is 38.2 Å². The molecule has 1 heterocycles. The summed E-state index contributed by atoms with van der Waals surface area (Å²) in [5, 5.41) is 23.8. The number of amides is 2. The van der Waals surface area contributed by atoms with Crippen molar-refractivity contribution in [2.45, 2.75) is 65.3 Å². The number of anilines is 1. The lowest BCUT2D eigenvalue weighted by molar-refractivity contribution is -0.112. The second-order valence-electron chi connectivity index (χ2n) is 9.44. The number of phenolic OH excluding ortho intramolecular Hbond substituents is 2. The molecule has 9 nitrogen and oxygen atoms in total. The van der Waals surface area contributed by atoms with Crippen LogP contribution >= 0.6 is 12.9 Å². The number of nitrogens with two attached hydrogens (primary N) is 1. The number of methoxy groups -OCH3 is 1. The van der Waals surface area contributed by atoms with E-state index in [2.05, 4.69) is 25.2 Å². The van der Waals surface area contributed by atoms with Crippen LogP contribution < -0.4 is 11.1 Å². The van der Waals surface area contributed by atoms with Crippen molar-refractivity contribution in [2.75, 3.05) is 12.4 Å². The third-order valence-corrected chi connectivity index (χ3v) is 6.82. The summed E-state index contributed by atoms with van der Waals surface area (Å²) in [7, 11) is 1.65. The zero-order valence-corrected chi connectivity index (χ0v) is 22.8. The molecule has 2 amide bonds. The lowest BCUT2D eigenvalue weighted by atomic mass is 9.86. The van der Waals surface area contributed by atoms with Crippen molar-refractivity contribution in [1.29, 1.82) is 0 Å². The van der Waals surface area contributed by atoms with Gasteiger partial charge in [0, 0.05) is 36.7 Å². The largest absolute Gasteiger partial charge is 0.508 e. The monoisotopic (exact) mass is 534 g/mol. The quantitative estimate of drug-likeness (QED) is 0.116. The Morgan fingerprint density at radius 2 is 1.86 bits per heavy atom. The zero-order valence-electron chi connectivity index (χ0n) is 21.9. The number of allylic oxidation sites excluding steroid dienone is 2. The van der Waals surface area contributed by atoms with Crippen molar-refractivity contribution in [2.24, 2.45) is 17.6 Å². The first-order valence-corrected chi connectivity index (χ1v) is 12.5. The molecule has 1 aromatic rings. The average Bonchev–Trinajstić information content (AvgIpc) is 2.83. The number of aromatic hydroxyl groups is 2. The van der Waals surface area contributed by atoms with Gasteiger partial charge >= 0.3 is 6.09 Å². The Hall–Kier alpha value is -2.95. The first-order chi connectivity index (χ1) is 17.5. The molecule has 1 aromatic carbocycles. The third kappa shape index (κ3) is 8.55. The van der Waals surface area contributed by atoms with E-state index in [1.807, 2.05) is 19.9 Å². The minimum absolute atomic E-state index is 0.0230. The molecule has 0 spiro atoms. The Balaban J connectivity index is 2.52. The molecule has 5 atom stereocenters. The molecule has 0 aromatic heterocycles. The van der Waals surface area contributed by atoms with Gasteiger partial charge in [-0.15, -0.1) is 0 Å². The van der Waals surface area contributed by atoms with Gasteiger partial charge in [0.15, 0.2) is 0 Å². The fourth-order valence-corrected chi connectivity index (χ4v) is 4.80. The van der Waals surface area contributed by atoms with Crippen LogP contribution in [-0.4, -0.2) is 41.5 Å². The maximum atomic E-state index is 12.7. The molecule has 1 aliphatic heterocycles.